The zero-order valence-electron chi connectivity index (χ0n) is 12.8. The van der Waals surface area contributed by atoms with Gasteiger partial charge in [0.05, 0.1) is 6.42 Å². The molecule has 2 aromatic rings. The second-order valence-electron chi connectivity index (χ2n) is 5.48. The molecule has 2 heterocycles. The molecule has 0 aliphatic carbocycles. The van der Waals surface area contributed by atoms with Gasteiger partial charge in [-0.1, -0.05) is 6.07 Å². The molecule has 1 aromatic carbocycles. The highest BCUT2D eigenvalue weighted by molar-refractivity contribution is 7.10. The highest BCUT2D eigenvalue weighted by Gasteiger charge is 2.15. The first-order valence-corrected chi connectivity index (χ1v) is 8.49. The Labute approximate surface area is 139 Å². The number of carbonyl (C=O) groups is 2. The van der Waals surface area contributed by atoms with Gasteiger partial charge >= 0.3 is 0 Å². The summed E-state index contributed by atoms with van der Waals surface area (Å²) in [7, 11) is 0. The molecule has 0 spiro atoms. The molecule has 0 radical (unpaired) electrons. The fourth-order valence-corrected chi connectivity index (χ4v) is 3.32. The number of nitrogens with zero attached hydrogens (tertiary/aromatic N) is 2. The Morgan fingerprint density at radius 2 is 1.87 bits per heavy atom. The number of amides is 2. The monoisotopic (exact) mass is 329 g/mol. The molecular weight excluding hydrogens is 310 g/mol. The van der Waals surface area contributed by atoms with E-state index in [1.54, 1.807) is 16.2 Å². The molecule has 0 atom stereocenters. The number of nitrogens with one attached hydrogen (secondary N) is 1. The highest BCUT2D eigenvalue weighted by atomic mass is 32.1. The average Bonchev–Trinajstić information content (AvgIpc) is 3.08. The van der Waals surface area contributed by atoms with E-state index in [1.807, 2.05) is 41.8 Å². The molecule has 120 valence electrons. The summed E-state index contributed by atoms with van der Waals surface area (Å²) in [5.41, 5.74) is 1.92. The lowest BCUT2D eigenvalue weighted by atomic mass is 10.2. The lowest BCUT2D eigenvalue weighted by Crippen LogP contribution is -2.45. The molecule has 1 aliphatic heterocycles. The molecule has 1 N–H and O–H groups in total. The maximum atomic E-state index is 12.0. The van der Waals surface area contributed by atoms with Gasteiger partial charge in [-0.05, 0) is 35.7 Å². The fourth-order valence-electron chi connectivity index (χ4n) is 2.62. The summed E-state index contributed by atoms with van der Waals surface area (Å²) < 4.78 is 0. The van der Waals surface area contributed by atoms with E-state index in [1.165, 1.54) is 0 Å². The predicted molar refractivity (Wildman–Crippen MR) is 92.9 cm³/mol. The molecule has 6 heteroatoms. The Kier molecular flexibility index (Phi) is 4.92. The Balaban J connectivity index is 1.55. The Hall–Kier alpha value is -2.34. The van der Waals surface area contributed by atoms with Crippen molar-refractivity contribution in [2.45, 2.75) is 6.42 Å². The molecule has 1 fully saturated rings. The van der Waals surface area contributed by atoms with E-state index in [9.17, 15) is 9.59 Å². The van der Waals surface area contributed by atoms with Gasteiger partial charge in [0.2, 0.25) is 12.3 Å². The maximum absolute atomic E-state index is 12.0. The van der Waals surface area contributed by atoms with Gasteiger partial charge in [-0.2, -0.15) is 0 Å². The Morgan fingerprint density at radius 1 is 1.13 bits per heavy atom. The van der Waals surface area contributed by atoms with Crippen molar-refractivity contribution in [2.24, 2.45) is 0 Å². The van der Waals surface area contributed by atoms with Crippen molar-refractivity contribution in [1.82, 2.24) is 4.90 Å². The van der Waals surface area contributed by atoms with Gasteiger partial charge in [-0.3, -0.25) is 9.59 Å². The third-order valence-corrected chi connectivity index (χ3v) is 4.77. The van der Waals surface area contributed by atoms with E-state index in [0.717, 1.165) is 48.8 Å². The van der Waals surface area contributed by atoms with Gasteiger partial charge in [0.1, 0.15) is 0 Å². The van der Waals surface area contributed by atoms with E-state index in [4.69, 9.17) is 0 Å². The van der Waals surface area contributed by atoms with Gasteiger partial charge in [0.15, 0.2) is 0 Å². The van der Waals surface area contributed by atoms with Crippen LogP contribution >= 0.6 is 11.3 Å². The second-order valence-corrected chi connectivity index (χ2v) is 6.51. The van der Waals surface area contributed by atoms with E-state index in [2.05, 4.69) is 10.2 Å². The lowest BCUT2D eigenvalue weighted by Gasteiger charge is -2.34. The van der Waals surface area contributed by atoms with Gasteiger partial charge in [-0.15, -0.1) is 11.3 Å². The topological polar surface area (TPSA) is 52.7 Å². The van der Waals surface area contributed by atoms with Gasteiger partial charge < -0.3 is 15.1 Å². The number of hydrogen-bond acceptors (Lipinski definition) is 4. The normalized spacial score (nSPS) is 14.6. The van der Waals surface area contributed by atoms with Crippen molar-refractivity contribution in [3.8, 4) is 0 Å². The van der Waals surface area contributed by atoms with Crippen molar-refractivity contribution >= 4 is 35.0 Å². The summed E-state index contributed by atoms with van der Waals surface area (Å²) in [4.78, 5) is 27.8. The summed E-state index contributed by atoms with van der Waals surface area (Å²) >= 11 is 1.59. The molecule has 5 nitrogen and oxygen atoms in total. The number of thiophene rings is 1. The number of piperazine rings is 1. The smallest absolute Gasteiger partial charge is 0.229 e. The zero-order chi connectivity index (χ0) is 16.1. The van der Waals surface area contributed by atoms with Crippen LogP contribution in [0.2, 0.25) is 0 Å². The van der Waals surface area contributed by atoms with Crippen LogP contribution in [0.3, 0.4) is 0 Å². The molecule has 0 saturated carbocycles. The van der Waals surface area contributed by atoms with Crippen LogP contribution in [0, 0.1) is 0 Å². The summed E-state index contributed by atoms with van der Waals surface area (Å²) in [6.07, 6.45) is 1.32. The molecule has 3 rings (SSSR count). The van der Waals surface area contributed by atoms with Crippen LogP contribution < -0.4 is 10.2 Å². The Bertz CT molecular complexity index is 647. The number of hydrogen-bond donors (Lipinski definition) is 1. The van der Waals surface area contributed by atoms with E-state index < -0.39 is 0 Å². The minimum Gasteiger partial charge on any atom is -0.368 e. The molecule has 1 aromatic heterocycles. The first-order chi connectivity index (χ1) is 11.2. The molecule has 2 amide bonds. The van der Waals surface area contributed by atoms with Gasteiger partial charge in [0, 0.05) is 42.4 Å². The average molecular weight is 329 g/mol. The van der Waals surface area contributed by atoms with Crippen LogP contribution in [0.5, 0.6) is 0 Å². The van der Waals surface area contributed by atoms with Gasteiger partial charge in [0.25, 0.3) is 0 Å². The number of benzene rings is 1. The van der Waals surface area contributed by atoms with Crippen molar-refractivity contribution < 1.29 is 9.59 Å². The molecule has 0 unspecified atom stereocenters. The quantitative estimate of drug-likeness (QED) is 0.856. The van der Waals surface area contributed by atoms with Crippen LogP contribution in [-0.2, 0) is 16.0 Å². The van der Waals surface area contributed by atoms with Crippen LogP contribution in [0.25, 0.3) is 0 Å². The zero-order valence-corrected chi connectivity index (χ0v) is 13.6. The molecule has 1 aliphatic rings. The number of rotatable bonds is 5. The molecule has 0 bridgehead atoms. The van der Waals surface area contributed by atoms with Crippen LogP contribution in [0.1, 0.15) is 4.88 Å². The molecular formula is C17H19N3O2S. The maximum Gasteiger partial charge on any atom is 0.229 e. The van der Waals surface area contributed by atoms with Crippen molar-refractivity contribution in [2.75, 3.05) is 36.4 Å². The molecule has 23 heavy (non-hydrogen) atoms. The second kappa shape index (κ2) is 7.28. The summed E-state index contributed by atoms with van der Waals surface area (Å²) in [5, 5.41) is 4.90. The van der Waals surface area contributed by atoms with E-state index >= 15 is 0 Å². The highest BCUT2D eigenvalue weighted by Crippen LogP contribution is 2.19. The number of anilines is 2. The summed E-state index contributed by atoms with van der Waals surface area (Å²) in [5.74, 6) is -0.000188. The van der Waals surface area contributed by atoms with E-state index in [0.29, 0.717) is 6.42 Å². The van der Waals surface area contributed by atoms with Crippen LogP contribution in [0.4, 0.5) is 11.4 Å². The minimum atomic E-state index is -0.000188. The largest absolute Gasteiger partial charge is 0.368 e. The van der Waals surface area contributed by atoms with Crippen LogP contribution in [0.15, 0.2) is 41.8 Å². The lowest BCUT2D eigenvalue weighted by molar-refractivity contribution is -0.118. The third kappa shape index (κ3) is 4.10. The van der Waals surface area contributed by atoms with Crippen molar-refractivity contribution in [3.05, 3.63) is 46.7 Å². The van der Waals surface area contributed by atoms with Crippen molar-refractivity contribution in [3.63, 3.8) is 0 Å². The predicted octanol–water partition coefficient (Wildman–Crippen LogP) is 2.21. The fraction of sp³-hybridized carbons (Fsp3) is 0.294. The summed E-state index contributed by atoms with van der Waals surface area (Å²) in [6.45, 7) is 3.18. The third-order valence-electron chi connectivity index (χ3n) is 3.89. The summed E-state index contributed by atoms with van der Waals surface area (Å²) in [6, 6.07) is 11.8. The van der Waals surface area contributed by atoms with Gasteiger partial charge in [-0.25, -0.2) is 0 Å². The first kappa shape index (κ1) is 15.6. The number of carbonyl (C=O) groups excluding carboxylic acids is 2. The first-order valence-electron chi connectivity index (χ1n) is 7.61. The van der Waals surface area contributed by atoms with Crippen molar-refractivity contribution in [1.29, 1.82) is 0 Å². The van der Waals surface area contributed by atoms with Crippen LogP contribution in [-0.4, -0.2) is 43.4 Å². The minimum absolute atomic E-state index is 0.000188. The Morgan fingerprint density at radius 3 is 2.48 bits per heavy atom. The standard InChI is InChI=1S/C17H19N3O2S/c21-13-19-7-9-20(10-8-19)15-5-3-14(4-6-15)18-17(22)12-16-2-1-11-23-16/h1-6,11,13H,7-10,12H2,(H,18,22). The molecule has 1 saturated heterocycles. The van der Waals surface area contributed by atoms with E-state index in [-0.39, 0.29) is 5.91 Å². The SMILES string of the molecule is O=CN1CCN(c2ccc(NC(=O)Cc3cccs3)cc2)CC1.